The molecular weight excluding hydrogens is 249 g/mol. The molecule has 0 atom stereocenters. The second kappa shape index (κ2) is 6.11. The highest BCUT2D eigenvalue weighted by Crippen LogP contribution is 2.16. The number of rotatable bonds is 5. The summed E-state index contributed by atoms with van der Waals surface area (Å²) in [4.78, 5) is 0. The Bertz CT molecular complexity index is 293. The normalized spacial score (nSPS) is 10.5. The molecule has 2 nitrogen and oxygen atoms in total. The van der Waals surface area contributed by atoms with Gasteiger partial charge in [0.05, 0.1) is 13.2 Å². The van der Waals surface area contributed by atoms with Crippen molar-refractivity contribution < 1.29 is 9.13 Å². The number of ether oxygens (including phenoxy) is 1. The van der Waals surface area contributed by atoms with Crippen LogP contribution in [0.3, 0.4) is 0 Å². The van der Waals surface area contributed by atoms with Crippen LogP contribution in [0.15, 0.2) is 22.7 Å². The molecule has 0 fully saturated rings. The molecule has 0 heterocycles. The maximum atomic E-state index is 13.2. The molecule has 0 aliphatic carbocycles. The lowest BCUT2D eigenvalue weighted by atomic mass is 10.2. The fourth-order valence-corrected chi connectivity index (χ4v) is 1.42. The summed E-state index contributed by atoms with van der Waals surface area (Å²) in [6, 6.07) is 4.84. The number of halogens is 2. The van der Waals surface area contributed by atoms with Gasteiger partial charge in [-0.2, -0.15) is 0 Å². The molecule has 0 saturated carbocycles. The van der Waals surface area contributed by atoms with E-state index in [0.29, 0.717) is 18.8 Å². The molecule has 1 aromatic carbocycles. The SMILES string of the molecule is CNCCOCc1cc(Br)ccc1F. The number of hydrogen-bond donors (Lipinski definition) is 1. The van der Waals surface area contributed by atoms with E-state index in [1.54, 1.807) is 12.1 Å². The minimum atomic E-state index is -0.224. The standard InChI is InChI=1S/C10H13BrFNO/c1-13-4-5-14-7-8-6-9(11)2-3-10(8)12/h2-3,6,13H,4-5,7H2,1H3. The smallest absolute Gasteiger partial charge is 0.128 e. The number of likely N-dealkylation sites (N-methyl/N-ethyl adjacent to an activating group) is 1. The third-order valence-corrected chi connectivity index (χ3v) is 2.25. The van der Waals surface area contributed by atoms with E-state index in [1.165, 1.54) is 6.07 Å². The fraction of sp³-hybridized carbons (Fsp3) is 0.400. The first-order chi connectivity index (χ1) is 6.74. The van der Waals surface area contributed by atoms with Crippen LogP contribution >= 0.6 is 15.9 Å². The predicted octanol–water partition coefficient (Wildman–Crippen LogP) is 2.32. The summed E-state index contributed by atoms with van der Waals surface area (Å²) in [5.41, 5.74) is 0.579. The van der Waals surface area contributed by atoms with Crippen molar-refractivity contribution in [2.45, 2.75) is 6.61 Å². The average molecular weight is 262 g/mol. The van der Waals surface area contributed by atoms with E-state index in [-0.39, 0.29) is 5.82 Å². The molecule has 0 aliphatic rings. The van der Waals surface area contributed by atoms with Crippen molar-refractivity contribution in [3.8, 4) is 0 Å². The largest absolute Gasteiger partial charge is 0.375 e. The maximum Gasteiger partial charge on any atom is 0.128 e. The maximum absolute atomic E-state index is 13.2. The summed E-state index contributed by atoms with van der Waals surface area (Å²) >= 11 is 3.28. The highest BCUT2D eigenvalue weighted by atomic mass is 79.9. The van der Waals surface area contributed by atoms with E-state index in [1.807, 2.05) is 7.05 Å². The Morgan fingerprint density at radius 3 is 3.00 bits per heavy atom. The quantitative estimate of drug-likeness (QED) is 0.822. The van der Waals surface area contributed by atoms with Crippen LogP contribution in [-0.2, 0) is 11.3 Å². The van der Waals surface area contributed by atoms with E-state index in [4.69, 9.17) is 4.74 Å². The van der Waals surface area contributed by atoms with Gasteiger partial charge in [-0.3, -0.25) is 0 Å². The van der Waals surface area contributed by atoms with Gasteiger partial charge in [-0.1, -0.05) is 15.9 Å². The zero-order valence-electron chi connectivity index (χ0n) is 8.02. The lowest BCUT2D eigenvalue weighted by Crippen LogP contribution is -2.14. The van der Waals surface area contributed by atoms with Crippen molar-refractivity contribution in [3.05, 3.63) is 34.1 Å². The van der Waals surface area contributed by atoms with Crippen LogP contribution < -0.4 is 5.32 Å². The number of hydrogen-bond acceptors (Lipinski definition) is 2. The van der Waals surface area contributed by atoms with E-state index >= 15 is 0 Å². The van der Waals surface area contributed by atoms with Crippen molar-refractivity contribution in [2.24, 2.45) is 0 Å². The van der Waals surface area contributed by atoms with Crippen molar-refractivity contribution >= 4 is 15.9 Å². The van der Waals surface area contributed by atoms with Gasteiger partial charge in [0.2, 0.25) is 0 Å². The minimum absolute atomic E-state index is 0.224. The van der Waals surface area contributed by atoms with Gasteiger partial charge in [-0.15, -0.1) is 0 Å². The summed E-state index contributed by atoms with van der Waals surface area (Å²) in [5.74, 6) is -0.224. The molecule has 1 aromatic rings. The van der Waals surface area contributed by atoms with Crippen molar-refractivity contribution in [2.75, 3.05) is 20.2 Å². The second-order valence-corrected chi connectivity index (χ2v) is 3.81. The molecule has 1 rings (SSSR count). The van der Waals surface area contributed by atoms with Gasteiger partial charge in [0.25, 0.3) is 0 Å². The van der Waals surface area contributed by atoms with Crippen molar-refractivity contribution in [1.82, 2.24) is 5.32 Å². The van der Waals surface area contributed by atoms with Gasteiger partial charge in [0.1, 0.15) is 5.82 Å². The highest BCUT2D eigenvalue weighted by molar-refractivity contribution is 9.10. The summed E-state index contributed by atoms with van der Waals surface area (Å²) < 4.78 is 19.3. The summed E-state index contributed by atoms with van der Waals surface area (Å²) in [5, 5.41) is 2.95. The van der Waals surface area contributed by atoms with Crippen molar-refractivity contribution in [1.29, 1.82) is 0 Å². The van der Waals surface area contributed by atoms with Crippen LogP contribution in [0.2, 0.25) is 0 Å². The molecule has 1 N–H and O–H groups in total. The third kappa shape index (κ3) is 3.74. The number of benzene rings is 1. The van der Waals surface area contributed by atoms with Crippen LogP contribution in [0.5, 0.6) is 0 Å². The molecule has 14 heavy (non-hydrogen) atoms. The van der Waals surface area contributed by atoms with Crippen molar-refractivity contribution in [3.63, 3.8) is 0 Å². The first-order valence-electron chi connectivity index (χ1n) is 4.40. The molecule has 0 aromatic heterocycles. The van der Waals surface area contributed by atoms with Gasteiger partial charge in [-0.05, 0) is 25.2 Å². The lowest BCUT2D eigenvalue weighted by Gasteiger charge is -2.05. The van der Waals surface area contributed by atoms with Crippen LogP contribution in [0.1, 0.15) is 5.56 Å². The van der Waals surface area contributed by atoms with E-state index in [2.05, 4.69) is 21.2 Å². The van der Waals surface area contributed by atoms with Gasteiger partial charge < -0.3 is 10.1 Å². The monoisotopic (exact) mass is 261 g/mol. The predicted molar refractivity (Wildman–Crippen MR) is 57.7 cm³/mol. The fourth-order valence-electron chi connectivity index (χ4n) is 1.01. The molecule has 0 bridgehead atoms. The van der Waals surface area contributed by atoms with E-state index < -0.39 is 0 Å². The average Bonchev–Trinajstić information content (AvgIpc) is 2.18. The van der Waals surface area contributed by atoms with Crippen LogP contribution in [0, 0.1) is 5.82 Å². The Morgan fingerprint density at radius 2 is 2.29 bits per heavy atom. The molecule has 0 radical (unpaired) electrons. The van der Waals surface area contributed by atoms with E-state index in [0.717, 1.165) is 11.0 Å². The Hall–Kier alpha value is -0.450. The van der Waals surface area contributed by atoms with E-state index in [9.17, 15) is 4.39 Å². The summed E-state index contributed by atoms with van der Waals surface area (Å²) in [7, 11) is 1.85. The Morgan fingerprint density at radius 1 is 1.50 bits per heavy atom. The zero-order valence-corrected chi connectivity index (χ0v) is 9.60. The first kappa shape index (κ1) is 11.6. The number of nitrogens with one attached hydrogen (secondary N) is 1. The molecule has 0 aliphatic heterocycles. The zero-order chi connectivity index (χ0) is 10.4. The Balaban J connectivity index is 2.45. The summed E-state index contributed by atoms with van der Waals surface area (Å²) in [6.45, 7) is 1.67. The lowest BCUT2D eigenvalue weighted by molar-refractivity contribution is 0.121. The molecule has 78 valence electrons. The van der Waals surface area contributed by atoms with Gasteiger partial charge in [0, 0.05) is 16.6 Å². The molecule has 0 amide bonds. The van der Waals surface area contributed by atoms with Gasteiger partial charge in [0.15, 0.2) is 0 Å². The highest BCUT2D eigenvalue weighted by Gasteiger charge is 2.02. The van der Waals surface area contributed by atoms with Crippen LogP contribution in [0.25, 0.3) is 0 Å². The minimum Gasteiger partial charge on any atom is -0.375 e. The van der Waals surface area contributed by atoms with Crippen LogP contribution in [-0.4, -0.2) is 20.2 Å². The van der Waals surface area contributed by atoms with Gasteiger partial charge >= 0.3 is 0 Å². The Labute approximate surface area is 91.6 Å². The molecule has 0 spiro atoms. The molecule has 4 heteroatoms. The molecular formula is C10H13BrFNO. The molecule has 0 saturated heterocycles. The molecule has 0 unspecified atom stereocenters. The van der Waals surface area contributed by atoms with Gasteiger partial charge in [-0.25, -0.2) is 4.39 Å². The first-order valence-corrected chi connectivity index (χ1v) is 5.19. The third-order valence-electron chi connectivity index (χ3n) is 1.76. The topological polar surface area (TPSA) is 21.3 Å². The Kier molecular flexibility index (Phi) is 5.07. The second-order valence-electron chi connectivity index (χ2n) is 2.89. The summed E-state index contributed by atoms with van der Waals surface area (Å²) in [6.07, 6.45) is 0. The van der Waals surface area contributed by atoms with Crippen LogP contribution in [0.4, 0.5) is 4.39 Å².